The first-order valence-corrected chi connectivity index (χ1v) is 10.7. The summed E-state index contributed by atoms with van der Waals surface area (Å²) in [7, 11) is 0. The van der Waals surface area contributed by atoms with Gasteiger partial charge in [0.2, 0.25) is 5.91 Å². The Bertz CT molecular complexity index is 1130. The molecular formula is C26H23FN2O3. The molecule has 3 atom stereocenters. The molecule has 5 nitrogen and oxygen atoms in total. The van der Waals surface area contributed by atoms with Crippen molar-refractivity contribution in [3.63, 3.8) is 0 Å². The number of hydrogen-bond donors (Lipinski definition) is 1. The third-order valence-corrected chi connectivity index (χ3v) is 6.53. The molecule has 5 rings (SSSR count). The standard InChI is InChI=1S/C26H23FN2O3/c27-21-12-10-20(11-13-21)26(32)28-14-22-25(23(16-30)29(22)24(31)15-28)19-8-6-18(7-9-19)17-4-2-1-3-5-17/h1-13,22-23,25,30H,14-16H2/t22-,23-,25-/m0/s1. The van der Waals surface area contributed by atoms with E-state index in [9.17, 15) is 19.1 Å². The lowest BCUT2D eigenvalue weighted by atomic mass is 9.73. The third-order valence-electron chi connectivity index (χ3n) is 6.53. The molecule has 0 unspecified atom stereocenters. The van der Waals surface area contributed by atoms with Crippen LogP contribution in [0.25, 0.3) is 11.1 Å². The van der Waals surface area contributed by atoms with Crippen LogP contribution >= 0.6 is 0 Å². The number of halogens is 1. The van der Waals surface area contributed by atoms with Crippen molar-refractivity contribution in [3.8, 4) is 11.1 Å². The summed E-state index contributed by atoms with van der Waals surface area (Å²) in [6.07, 6.45) is 0. The number of piperazine rings is 1. The normalized spacial score (nSPS) is 22.3. The zero-order valence-corrected chi connectivity index (χ0v) is 17.4. The van der Waals surface area contributed by atoms with Crippen LogP contribution < -0.4 is 0 Å². The molecule has 6 heteroatoms. The number of carbonyl (C=O) groups excluding carboxylic acids is 2. The lowest BCUT2D eigenvalue weighted by Gasteiger charge is -2.58. The summed E-state index contributed by atoms with van der Waals surface area (Å²) >= 11 is 0. The van der Waals surface area contributed by atoms with E-state index in [1.165, 1.54) is 29.2 Å². The molecule has 162 valence electrons. The average molecular weight is 430 g/mol. The van der Waals surface area contributed by atoms with E-state index in [0.29, 0.717) is 12.1 Å². The van der Waals surface area contributed by atoms with Crippen molar-refractivity contribution in [3.05, 3.63) is 95.8 Å². The minimum Gasteiger partial charge on any atom is -0.394 e. The van der Waals surface area contributed by atoms with Crippen molar-refractivity contribution in [1.29, 1.82) is 0 Å². The summed E-state index contributed by atoms with van der Waals surface area (Å²) in [4.78, 5) is 29.0. The highest BCUT2D eigenvalue weighted by atomic mass is 19.1. The van der Waals surface area contributed by atoms with Crippen LogP contribution in [0.15, 0.2) is 78.9 Å². The smallest absolute Gasteiger partial charge is 0.254 e. The molecule has 0 aliphatic carbocycles. The van der Waals surface area contributed by atoms with Crippen LogP contribution in [0.4, 0.5) is 4.39 Å². The molecule has 2 aliphatic rings. The maximum atomic E-state index is 13.2. The van der Waals surface area contributed by atoms with E-state index < -0.39 is 5.82 Å². The molecule has 2 aliphatic heterocycles. The highest BCUT2D eigenvalue weighted by molar-refractivity contribution is 5.97. The molecule has 0 radical (unpaired) electrons. The molecule has 32 heavy (non-hydrogen) atoms. The van der Waals surface area contributed by atoms with E-state index in [-0.39, 0.29) is 43.0 Å². The number of fused-ring (bicyclic) bond motifs is 1. The number of aliphatic hydroxyl groups is 1. The molecule has 0 saturated carbocycles. The molecule has 2 saturated heterocycles. The van der Waals surface area contributed by atoms with Gasteiger partial charge >= 0.3 is 0 Å². The van der Waals surface area contributed by atoms with Gasteiger partial charge in [-0.1, -0.05) is 54.6 Å². The summed E-state index contributed by atoms with van der Waals surface area (Å²) in [5, 5.41) is 9.98. The number of aliphatic hydroxyl groups excluding tert-OH is 1. The maximum Gasteiger partial charge on any atom is 0.254 e. The van der Waals surface area contributed by atoms with Crippen molar-refractivity contribution in [2.75, 3.05) is 19.7 Å². The van der Waals surface area contributed by atoms with E-state index in [4.69, 9.17) is 0 Å². The van der Waals surface area contributed by atoms with Crippen LogP contribution in [0.5, 0.6) is 0 Å². The van der Waals surface area contributed by atoms with Crippen LogP contribution in [0.3, 0.4) is 0 Å². The van der Waals surface area contributed by atoms with Gasteiger partial charge in [0, 0.05) is 18.0 Å². The zero-order valence-electron chi connectivity index (χ0n) is 17.4. The average Bonchev–Trinajstić information content (AvgIpc) is 2.81. The molecule has 3 aromatic rings. The molecule has 0 bridgehead atoms. The van der Waals surface area contributed by atoms with Gasteiger partial charge in [0.15, 0.2) is 0 Å². The van der Waals surface area contributed by atoms with Gasteiger partial charge in [0.1, 0.15) is 12.4 Å². The summed E-state index contributed by atoms with van der Waals surface area (Å²) < 4.78 is 13.2. The molecule has 3 aromatic carbocycles. The Balaban J connectivity index is 1.38. The summed E-state index contributed by atoms with van der Waals surface area (Å²) in [5.74, 6) is -0.930. The number of hydrogen-bond acceptors (Lipinski definition) is 3. The lowest BCUT2D eigenvalue weighted by molar-refractivity contribution is -0.159. The fourth-order valence-electron chi connectivity index (χ4n) is 4.96. The fraction of sp³-hybridized carbons (Fsp3) is 0.231. The molecule has 0 aromatic heterocycles. The Morgan fingerprint density at radius 3 is 2.25 bits per heavy atom. The molecule has 2 heterocycles. The molecular weight excluding hydrogens is 407 g/mol. The topological polar surface area (TPSA) is 60.9 Å². The van der Waals surface area contributed by atoms with Gasteiger partial charge in [-0.15, -0.1) is 0 Å². The fourth-order valence-corrected chi connectivity index (χ4v) is 4.96. The minimum absolute atomic E-state index is 0.0388. The van der Waals surface area contributed by atoms with Crippen molar-refractivity contribution in [2.45, 2.75) is 18.0 Å². The lowest BCUT2D eigenvalue weighted by Crippen LogP contribution is -2.73. The largest absolute Gasteiger partial charge is 0.394 e. The Labute approximate surface area is 185 Å². The summed E-state index contributed by atoms with van der Waals surface area (Å²) in [6, 6.07) is 23.1. The molecule has 2 amide bonds. The van der Waals surface area contributed by atoms with Gasteiger partial charge in [-0.3, -0.25) is 9.59 Å². The van der Waals surface area contributed by atoms with Crippen LogP contribution in [-0.4, -0.2) is 58.5 Å². The Morgan fingerprint density at radius 1 is 0.938 bits per heavy atom. The van der Waals surface area contributed by atoms with E-state index in [1.807, 2.05) is 42.5 Å². The van der Waals surface area contributed by atoms with Crippen molar-refractivity contribution in [2.24, 2.45) is 0 Å². The van der Waals surface area contributed by atoms with Gasteiger partial charge in [0.05, 0.1) is 18.7 Å². The van der Waals surface area contributed by atoms with E-state index >= 15 is 0 Å². The number of amides is 2. The number of carbonyl (C=O) groups is 2. The Hall–Kier alpha value is -3.51. The van der Waals surface area contributed by atoms with Crippen LogP contribution in [0, 0.1) is 5.82 Å². The SMILES string of the molecule is O=C(c1ccc(F)cc1)N1CC(=O)N2[C@@H](CO)[C@@H](c3ccc(-c4ccccc4)cc3)[C@@H]2C1. The number of rotatable bonds is 4. The first-order valence-electron chi connectivity index (χ1n) is 10.7. The first-order chi connectivity index (χ1) is 15.6. The van der Waals surface area contributed by atoms with Crippen LogP contribution in [0.1, 0.15) is 21.8 Å². The quantitative estimate of drug-likeness (QED) is 0.691. The molecule has 2 fully saturated rings. The van der Waals surface area contributed by atoms with Crippen molar-refractivity contribution in [1.82, 2.24) is 9.80 Å². The van der Waals surface area contributed by atoms with E-state index in [0.717, 1.165) is 16.7 Å². The van der Waals surface area contributed by atoms with Crippen molar-refractivity contribution < 1.29 is 19.1 Å². The van der Waals surface area contributed by atoms with Crippen molar-refractivity contribution >= 4 is 11.8 Å². The monoisotopic (exact) mass is 430 g/mol. The first kappa shape index (κ1) is 20.4. The Kier molecular flexibility index (Phi) is 5.23. The number of nitrogens with zero attached hydrogens (tertiary/aromatic N) is 2. The van der Waals surface area contributed by atoms with E-state index in [1.54, 1.807) is 4.90 Å². The van der Waals surface area contributed by atoms with Gasteiger partial charge in [-0.05, 0) is 41.0 Å². The molecule has 1 N–H and O–H groups in total. The third kappa shape index (κ3) is 3.46. The maximum absolute atomic E-state index is 13.2. The zero-order chi connectivity index (χ0) is 22.2. The van der Waals surface area contributed by atoms with Gasteiger partial charge < -0.3 is 14.9 Å². The minimum atomic E-state index is -0.411. The highest BCUT2D eigenvalue weighted by Crippen LogP contribution is 2.43. The molecule has 0 spiro atoms. The summed E-state index contributed by atoms with van der Waals surface area (Å²) in [5.41, 5.74) is 3.61. The van der Waals surface area contributed by atoms with Gasteiger partial charge in [0.25, 0.3) is 5.91 Å². The second-order valence-corrected chi connectivity index (χ2v) is 8.32. The number of benzene rings is 3. The summed E-state index contributed by atoms with van der Waals surface area (Å²) in [6.45, 7) is 0.214. The van der Waals surface area contributed by atoms with E-state index in [2.05, 4.69) is 12.1 Å². The predicted molar refractivity (Wildman–Crippen MR) is 118 cm³/mol. The van der Waals surface area contributed by atoms with Gasteiger partial charge in [-0.25, -0.2) is 4.39 Å². The second kappa shape index (κ2) is 8.20. The van der Waals surface area contributed by atoms with Crippen LogP contribution in [-0.2, 0) is 4.79 Å². The highest BCUT2D eigenvalue weighted by Gasteiger charge is 2.54. The van der Waals surface area contributed by atoms with Crippen LogP contribution in [0.2, 0.25) is 0 Å². The second-order valence-electron chi connectivity index (χ2n) is 8.32. The Morgan fingerprint density at radius 2 is 1.59 bits per heavy atom. The predicted octanol–water partition coefficient (Wildman–Crippen LogP) is 3.30. The van der Waals surface area contributed by atoms with Gasteiger partial charge in [-0.2, -0.15) is 0 Å².